The van der Waals surface area contributed by atoms with Crippen molar-refractivity contribution in [2.45, 2.75) is 45.6 Å². The molecule has 92 valence electrons. The Bertz CT molecular complexity index is 358. The molecule has 0 bridgehead atoms. The quantitative estimate of drug-likeness (QED) is 0.766. The van der Waals surface area contributed by atoms with E-state index in [2.05, 4.69) is 25.7 Å². The average molecular weight is 230 g/mol. The molecule has 17 heavy (non-hydrogen) atoms. The van der Waals surface area contributed by atoms with E-state index in [1.54, 1.807) is 0 Å². The predicted molar refractivity (Wildman–Crippen MR) is 72.6 cm³/mol. The van der Waals surface area contributed by atoms with Crippen LogP contribution in [-0.2, 0) is 0 Å². The Balaban J connectivity index is 2.58. The molecule has 0 spiro atoms. The minimum atomic E-state index is -0.494. The van der Waals surface area contributed by atoms with E-state index in [4.69, 9.17) is 0 Å². The van der Waals surface area contributed by atoms with Crippen LogP contribution in [0.3, 0.4) is 0 Å². The van der Waals surface area contributed by atoms with Gasteiger partial charge >= 0.3 is 0 Å². The fraction of sp³-hybridized carbons (Fsp3) is 0.500. The molecule has 1 aromatic rings. The molecule has 0 aliphatic carbocycles. The highest BCUT2D eigenvalue weighted by atomic mass is 16.3. The van der Waals surface area contributed by atoms with Crippen molar-refractivity contribution in [1.82, 2.24) is 0 Å². The Morgan fingerprint density at radius 3 is 2.47 bits per heavy atom. The molecule has 1 rings (SSSR count). The molecular weight excluding hydrogens is 208 g/mol. The highest BCUT2D eigenvalue weighted by molar-refractivity contribution is 5.34. The lowest BCUT2D eigenvalue weighted by Gasteiger charge is -2.16. The number of benzene rings is 1. The third-order valence-corrected chi connectivity index (χ3v) is 3.04. The zero-order valence-electron chi connectivity index (χ0n) is 10.8. The second-order valence-corrected chi connectivity index (χ2v) is 4.39. The second kappa shape index (κ2) is 7.92. The molecule has 2 unspecified atom stereocenters. The minimum absolute atomic E-state index is 0.311. The summed E-state index contributed by atoms with van der Waals surface area (Å²) in [6, 6.07) is 9.83. The standard InChI is InChI=1S/C16H22O/c1-3-5-11-15(4-2)16(17)13-12-14-9-7-6-8-10-14/h6-10,15-17H,3-5,11H2,1-2H3. The van der Waals surface area contributed by atoms with Gasteiger partial charge in [-0.1, -0.05) is 56.7 Å². The van der Waals surface area contributed by atoms with Crippen LogP contribution in [0.25, 0.3) is 0 Å². The zero-order valence-corrected chi connectivity index (χ0v) is 10.8. The Kier molecular flexibility index (Phi) is 6.43. The van der Waals surface area contributed by atoms with Gasteiger partial charge in [0.25, 0.3) is 0 Å². The van der Waals surface area contributed by atoms with E-state index >= 15 is 0 Å². The van der Waals surface area contributed by atoms with E-state index in [1.165, 1.54) is 12.8 Å². The Labute approximate surface area is 105 Å². The van der Waals surface area contributed by atoms with Gasteiger partial charge in [0.2, 0.25) is 0 Å². The molecule has 1 heteroatoms. The van der Waals surface area contributed by atoms with Crippen molar-refractivity contribution in [3.63, 3.8) is 0 Å². The van der Waals surface area contributed by atoms with Crippen molar-refractivity contribution >= 4 is 0 Å². The van der Waals surface area contributed by atoms with Gasteiger partial charge < -0.3 is 5.11 Å². The van der Waals surface area contributed by atoms with E-state index in [0.717, 1.165) is 18.4 Å². The predicted octanol–water partition coefficient (Wildman–Crippen LogP) is 3.62. The van der Waals surface area contributed by atoms with Gasteiger partial charge in [0.05, 0.1) is 0 Å². The van der Waals surface area contributed by atoms with Gasteiger partial charge in [0.15, 0.2) is 0 Å². The number of unbranched alkanes of at least 4 members (excludes halogenated alkanes) is 1. The Morgan fingerprint density at radius 2 is 1.88 bits per heavy atom. The Morgan fingerprint density at radius 1 is 1.18 bits per heavy atom. The average Bonchev–Trinajstić information content (AvgIpc) is 2.38. The van der Waals surface area contributed by atoms with E-state index in [-0.39, 0.29) is 0 Å². The Hall–Kier alpha value is -1.26. The molecule has 0 saturated heterocycles. The van der Waals surface area contributed by atoms with Gasteiger partial charge in [0.1, 0.15) is 6.10 Å². The molecule has 1 aromatic carbocycles. The lowest BCUT2D eigenvalue weighted by atomic mass is 9.93. The van der Waals surface area contributed by atoms with Crippen molar-refractivity contribution in [2.24, 2.45) is 5.92 Å². The maximum Gasteiger partial charge on any atom is 0.117 e. The van der Waals surface area contributed by atoms with Gasteiger partial charge in [-0.15, -0.1) is 0 Å². The van der Waals surface area contributed by atoms with Crippen LogP contribution in [0.5, 0.6) is 0 Å². The maximum atomic E-state index is 10.0. The third-order valence-electron chi connectivity index (χ3n) is 3.04. The molecule has 1 N–H and O–H groups in total. The molecule has 0 amide bonds. The first-order valence-corrected chi connectivity index (χ1v) is 6.52. The molecule has 1 nitrogen and oxygen atoms in total. The lowest BCUT2D eigenvalue weighted by molar-refractivity contribution is 0.150. The van der Waals surface area contributed by atoms with Crippen LogP contribution in [0.15, 0.2) is 30.3 Å². The second-order valence-electron chi connectivity index (χ2n) is 4.39. The molecule has 2 atom stereocenters. The summed E-state index contributed by atoms with van der Waals surface area (Å²) in [5, 5.41) is 10.0. The van der Waals surface area contributed by atoms with E-state index in [9.17, 15) is 5.11 Å². The number of aliphatic hydroxyl groups is 1. The van der Waals surface area contributed by atoms with Gasteiger partial charge in [-0.2, -0.15) is 0 Å². The van der Waals surface area contributed by atoms with E-state index < -0.39 is 6.10 Å². The summed E-state index contributed by atoms with van der Waals surface area (Å²) in [7, 11) is 0. The van der Waals surface area contributed by atoms with Gasteiger partial charge in [0, 0.05) is 5.56 Å². The van der Waals surface area contributed by atoms with Gasteiger partial charge in [-0.25, -0.2) is 0 Å². The van der Waals surface area contributed by atoms with Crippen LogP contribution in [-0.4, -0.2) is 11.2 Å². The van der Waals surface area contributed by atoms with Crippen LogP contribution in [0, 0.1) is 17.8 Å². The summed E-state index contributed by atoms with van der Waals surface area (Å²) in [6.07, 6.45) is 3.91. The zero-order chi connectivity index (χ0) is 12.5. The highest BCUT2D eigenvalue weighted by Gasteiger charge is 2.13. The monoisotopic (exact) mass is 230 g/mol. The van der Waals surface area contributed by atoms with Gasteiger partial charge in [-0.3, -0.25) is 0 Å². The van der Waals surface area contributed by atoms with Crippen LogP contribution in [0.2, 0.25) is 0 Å². The summed E-state index contributed by atoms with van der Waals surface area (Å²) in [5.74, 6) is 6.31. The summed E-state index contributed by atoms with van der Waals surface area (Å²) in [6.45, 7) is 4.29. The smallest absolute Gasteiger partial charge is 0.117 e. The highest BCUT2D eigenvalue weighted by Crippen LogP contribution is 2.16. The van der Waals surface area contributed by atoms with Crippen LogP contribution in [0.4, 0.5) is 0 Å². The first-order valence-electron chi connectivity index (χ1n) is 6.52. The number of hydrogen-bond donors (Lipinski definition) is 1. The number of hydrogen-bond acceptors (Lipinski definition) is 1. The summed E-state index contributed by atoms with van der Waals surface area (Å²) in [4.78, 5) is 0. The third kappa shape index (κ3) is 5.06. The van der Waals surface area contributed by atoms with Crippen LogP contribution >= 0.6 is 0 Å². The van der Waals surface area contributed by atoms with Crippen molar-refractivity contribution < 1.29 is 5.11 Å². The fourth-order valence-electron chi connectivity index (χ4n) is 1.85. The molecule has 0 saturated carbocycles. The molecule has 0 aromatic heterocycles. The first kappa shape index (κ1) is 13.8. The minimum Gasteiger partial charge on any atom is -0.380 e. The van der Waals surface area contributed by atoms with E-state index in [0.29, 0.717) is 5.92 Å². The SMILES string of the molecule is CCCCC(CC)C(O)C#Cc1ccccc1. The van der Waals surface area contributed by atoms with Crippen LogP contribution in [0.1, 0.15) is 45.1 Å². The summed E-state index contributed by atoms with van der Waals surface area (Å²) >= 11 is 0. The molecule has 0 radical (unpaired) electrons. The fourth-order valence-corrected chi connectivity index (χ4v) is 1.85. The molecule has 0 fully saturated rings. The maximum absolute atomic E-state index is 10.0. The van der Waals surface area contributed by atoms with Gasteiger partial charge in [-0.05, 0) is 30.9 Å². The molecule has 0 heterocycles. The van der Waals surface area contributed by atoms with E-state index in [1.807, 2.05) is 30.3 Å². The topological polar surface area (TPSA) is 20.2 Å². The number of rotatable bonds is 5. The van der Waals surface area contributed by atoms with Crippen molar-refractivity contribution in [3.8, 4) is 11.8 Å². The summed E-state index contributed by atoms with van der Waals surface area (Å²) in [5.41, 5.74) is 0.969. The lowest BCUT2D eigenvalue weighted by Crippen LogP contribution is -2.17. The molecule has 0 aliphatic rings. The number of aliphatic hydroxyl groups excluding tert-OH is 1. The summed E-state index contributed by atoms with van der Waals surface area (Å²) < 4.78 is 0. The largest absolute Gasteiger partial charge is 0.380 e. The van der Waals surface area contributed by atoms with Crippen molar-refractivity contribution in [1.29, 1.82) is 0 Å². The molecule has 0 aliphatic heterocycles. The normalized spacial score (nSPS) is 13.6. The first-order chi connectivity index (χ1) is 8.27. The van der Waals surface area contributed by atoms with Crippen molar-refractivity contribution in [2.75, 3.05) is 0 Å². The van der Waals surface area contributed by atoms with Crippen molar-refractivity contribution in [3.05, 3.63) is 35.9 Å². The molecular formula is C16H22O. The van der Waals surface area contributed by atoms with Crippen LogP contribution < -0.4 is 0 Å².